The minimum atomic E-state index is -1.33. The lowest BCUT2D eigenvalue weighted by atomic mass is 9.93. The molecule has 0 bridgehead atoms. The largest absolute Gasteiger partial charge is 0.493 e. The number of pyridine rings is 1. The number of hydrogen-bond acceptors (Lipinski definition) is 8. The minimum absolute atomic E-state index is 0.0269. The maximum absolute atomic E-state index is 14.4. The number of carbonyl (C=O) groups is 3. The van der Waals surface area contributed by atoms with Gasteiger partial charge >= 0.3 is 5.97 Å². The zero-order chi connectivity index (χ0) is 34.9. The Balaban J connectivity index is 1.59. The molecule has 10 nitrogen and oxygen atoms in total. The minimum Gasteiger partial charge on any atom is -0.493 e. The lowest BCUT2D eigenvalue weighted by Crippen LogP contribution is -2.25. The molecule has 1 unspecified atom stereocenters. The second-order valence-electron chi connectivity index (χ2n) is 12.1. The first-order valence-corrected chi connectivity index (χ1v) is 17.8. The van der Waals surface area contributed by atoms with Gasteiger partial charge in [-0.05, 0) is 77.7 Å². The molecule has 0 fully saturated rings. The Morgan fingerprint density at radius 2 is 1.86 bits per heavy atom. The Kier molecular flexibility index (Phi) is 12.0. The van der Waals surface area contributed by atoms with Crippen molar-refractivity contribution < 1.29 is 29.0 Å². The Bertz CT molecular complexity index is 1820. The predicted molar refractivity (Wildman–Crippen MR) is 193 cm³/mol. The number of nitrogens with zero attached hydrogens (tertiary/aromatic N) is 1. The van der Waals surface area contributed by atoms with Crippen LogP contribution in [0.15, 0.2) is 53.9 Å². The number of aromatic nitrogens is 1. The number of carboxylic acids is 1. The van der Waals surface area contributed by atoms with E-state index >= 15 is 0 Å². The molecule has 1 atom stereocenters. The van der Waals surface area contributed by atoms with Gasteiger partial charge in [0.25, 0.3) is 11.8 Å². The van der Waals surface area contributed by atoms with Gasteiger partial charge in [-0.3, -0.25) is 9.59 Å². The van der Waals surface area contributed by atoms with E-state index in [1.165, 1.54) is 12.1 Å². The molecule has 258 valence electrons. The number of anilines is 1. The van der Waals surface area contributed by atoms with Gasteiger partial charge in [-0.15, -0.1) is 11.3 Å². The summed E-state index contributed by atoms with van der Waals surface area (Å²) >= 11 is 1.56. The third kappa shape index (κ3) is 8.29. The van der Waals surface area contributed by atoms with Crippen molar-refractivity contribution in [3.8, 4) is 33.1 Å². The molecule has 11 heteroatoms. The second kappa shape index (κ2) is 16.6. The van der Waals surface area contributed by atoms with Crippen LogP contribution in [0.5, 0.6) is 11.5 Å². The van der Waals surface area contributed by atoms with Crippen LogP contribution in [0.2, 0.25) is 0 Å². The Morgan fingerprint density at radius 3 is 2.59 bits per heavy atom. The van der Waals surface area contributed by atoms with Gasteiger partial charge < -0.3 is 30.9 Å². The van der Waals surface area contributed by atoms with Gasteiger partial charge in [-0.2, -0.15) is 0 Å². The quantitative estimate of drug-likeness (QED) is 0.100. The summed E-state index contributed by atoms with van der Waals surface area (Å²) in [7, 11) is 0. The Labute approximate surface area is 291 Å². The van der Waals surface area contributed by atoms with Crippen molar-refractivity contribution in [3.05, 3.63) is 82.0 Å². The fraction of sp³-hybridized carbons (Fsp3) is 0.368. The molecule has 4 aromatic rings. The number of hydrogen-bond donors (Lipinski definition) is 4. The number of carboxylic acid groups (broad SMARTS) is 1. The molecule has 0 aliphatic carbocycles. The van der Waals surface area contributed by atoms with Crippen LogP contribution in [0.25, 0.3) is 21.6 Å². The van der Waals surface area contributed by atoms with Crippen molar-refractivity contribution >= 4 is 34.8 Å². The molecule has 2 aromatic carbocycles. The van der Waals surface area contributed by atoms with E-state index in [1.807, 2.05) is 30.5 Å². The predicted octanol–water partition coefficient (Wildman–Crippen LogP) is 7.56. The average Bonchev–Trinajstić information content (AvgIpc) is 3.51. The molecule has 0 radical (unpaired) electrons. The van der Waals surface area contributed by atoms with Crippen molar-refractivity contribution in [3.63, 3.8) is 0 Å². The fourth-order valence-corrected chi connectivity index (χ4v) is 6.81. The first-order chi connectivity index (χ1) is 23.8. The average molecular weight is 685 g/mol. The van der Waals surface area contributed by atoms with Gasteiger partial charge in [0.15, 0.2) is 5.69 Å². The number of carbonyl (C=O) groups excluding carboxylic acids is 2. The van der Waals surface area contributed by atoms with E-state index < -0.39 is 17.8 Å². The summed E-state index contributed by atoms with van der Waals surface area (Å²) < 4.78 is 12.5. The zero-order valence-electron chi connectivity index (χ0n) is 28.3. The van der Waals surface area contributed by atoms with Gasteiger partial charge in [0, 0.05) is 46.6 Å². The number of rotatable bonds is 15. The number of unbranched alkanes of at least 4 members (excludes halogenated alkanes) is 1. The molecule has 0 saturated heterocycles. The molecular weight excluding hydrogens is 641 g/mol. The van der Waals surface area contributed by atoms with E-state index in [-0.39, 0.29) is 22.5 Å². The number of benzene rings is 2. The summed E-state index contributed by atoms with van der Waals surface area (Å²) in [6.45, 7) is 7.90. The summed E-state index contributed by atoms with van der Waals surface area (Å²) in [4.78, 5) is 44.9. The Morgan fingerprint density at radius 1 is 1.02 bits per heavy atom. The van der Waals surface area contributed by atoms with E-state index in [2.05, 4.69) is 29.5 Å². The molecule has 2 amide bonds. The number of amides is 2. The van der Waals surface area contributed by atoms with Crippen LogP contribution in [0, 0.1) is 5.92 Å². The molecule has 2 aromatic heterocycles. The van der Waals surface area contributed by atoms with Crippen LogP contribution >= 0.6 is 11.3 Å². The monoisotopic (exact) mass is 684 g/mol. The van der Waals surface area contributed by atoms with Crippen LogP contribution in [-0.4, -0.2) is 47.6 Å². The first-order valence-electron chi connectivity index (χ1n) is 16.9. The van der Waals surface area contributed by atoms with E-state index in [0.29, 0.717) is 61.4 Å². The van der Waals surface area contributed by atoms with Gasteiger partial charge in [0.1, 0.15) is 17.2 Å². The van der Waals surface area contributed by atoms with Crippen molar-refractivity contribution in [2.45, 2.75) is 65.8 Å². The highest BCUT2D eigenvalue weighted by molar-refractivity contribution is 7.13. The summed E-state index contributed by atoms with van der Waals surface area (Å²) in [5.74, 6) is -0.855. The first kappa shape index (κ1) is 35.6. The van der Waals surface area contributed by atoms with Crippen molar-refractivity contribution in [1.29, 1.82) is 0 Å². The smallest absolute Gasteiger partial charge is 0.355 e. The van der Waals surface area contributed by atoms with Gasteiger partial charge in [-0.1, -0.05) is 46.1 Å². The normalized spacial score (nSPS) is 12.6. The van der Waals surface area contributed by atoms with Gasteiger partial charge in [0.05, 0.1) is 18.9 Å². The molecular formula is C38H44N4O6S. The molecule has 1 aliphatic rings. The highest BCUT2D eigenvalue weighted by Gasteiger charge is 2.27. The van der Waals surface area contributed by atoms with Gasteiger partial charge in [0.2, 0.25) is 0 Å². The molecule has 0 spiro atoms. The lowest BCUT2D eigenvalue weighted by molar-refractivity contribution is 0.0691. The molecule has 5 rings (SSSR count). The number of aromatic carboxylic acids is 1. The number of thiophene rings is 1. The third-order valence-electron chi connectivity index (χ3n) is 8.69. The summed E-state index contributed by atoms with van der Waals surface area (Å²) in [5.41, 5.74) is 9.49. The van der Waals surface area contributed by atoms with E-state index in [9.17, 15) is 19.5 Å². The molecule has 49 heavy (non-hydrogen) atoms. The SMILES string of the molecule is CCCCC(CC)COc1cc(CN)ccc1NC(=O)c1cc2c(cc1-c1ccc(C(=O)NCCC)nc1C(=O)O)OCCc1ccsc1-2. The summed E-state index contributed by atoms with van der Waals surface area (Å²) in [6, 6.07) is 14.0. The molecule has 5 N–H and O–H groups in total. The Hall–Kier alpha value is -4.74. The van der Waals surface area contributed by atoms with Crippen molar-refractivity contribution in [2.75, 3.05) is 25.1 Å². The lowest BCUT2D eigenvalue weighted by Gasteiger charge is -2.20. The number of fused-ring (bicyclic) bond motifs is 3. The highest BCUT2D eigenvalue weighted by atomic mass is 32.1. The number of nitrogens with two attached hydrogens (primary N) is 1. The van der Waals surface area contributed by atoms with Crippen LogP contribution in [0.3, 0.4) is 0 Å². The van der Waals surface area contributed by atoms with E-state index in [0.717, 1.165) is 53.7 Å². The topological polar surface area (TPSA) is 153 Å². The van der Waals surface area contributed by atoms with E-state index in [1.54, 1.807) is 29.5 Å². The van der Waals surface area contributed by atoms with Crippen molar-refractivity contribution in [1.82, 2.24) is 10.3 Å². The second-order valence-corrected chi connectivity index (χ2v) is 13.1. The van der Waals surface area contributed by atoms with Crippen LogP contribution < -0.4 is 25.8 Å². The third-order valence-corrected chi connectivity index (χ3v) is 9.68. The molecule has 0 saturated carbocycles. The zero-order valence-corrected chi connectivity index (χ0v) is 29.1. The maximum atomic E-state index is 14.4. The van der Waals surface area contributed by atoms with Gasteiger partial charge in [-0.25, -0.2) is 9.78 Å². The summed E-state index contributed by atoms with van der Waals surface area (Å²) in [5, 5.41) is 18.1. The van der Waals surface area contributed by atoms with Crippen LogP contribution in [0.4, 0.5) is 5.69 Å². The molecule has 1 aliphatic heterocycles. The number of nitrogens with one attached hydrogen (secondary N) is 2. The highest BCUT2D eigenvalue weighted by Crippen LogP contribution is 2.43. The standard InChI is InChI=1S/C38H44N4O6S/c1-4-7-8-23(6-3)22-48-33-18-24(21-39)9-11-30(33)42-36(43)28-19-29-32(47-16-13-25-14-17-49-35(25)29)20-27(28)26-10-12-31(37(44)40-15-5-2)41-34(26)38(45)46/h9-12,14,17-20,23H,4-8,13,15-16,21-22,39H2,1-3H3,(H,40,44)(H,42,43)(H,45,46). The van der Waals surface area contributed by atoms with Crippen LogP contribution in [-0.2, 0) is 13.0 Å². The number of ether oxygens (including phenoxy) is 2. The maximum Gasteiger partial charge on any atom is 0.355 e. The summed E-state index contributed by atoms with van der Waals surface area (Å²) in [6.07, 6.45) is 5.66. The van der Waals surface area contributed by atoms with Crippen molar-refractivity contribution in [2.24, 2.45) is 11.7 Å². The van der Waals surface area contributed by atoms with E-state index in [4.69, 9.17) is 15.2 Å². The van der Waals surface area contributed by atoms with Crippen LogP contribution in [0.1, 0.15) is 95.3 Å². The molecule has 3 heterocycles. The fourth-order valence-electron chi connectivity index (χ4n) is 5.83.